The molecule has 0 heterocycles. The summed E-state index contributed by atoms with van der Waals surface area (Å²) >= 11 is 0. The van der Waals surface area contributed by atoms with Crippen LogP contribution in [0.5, 0.6) is 0 Å². The van der Waals surface area contributed by atoms with Gasteiger partial charge in [-0.15, -0.1) is 0 Å². The molecule has 1 aliphatic rings. The monoisotopic (exact) mass is 274 g/mol. The third kappa shape index (κ3) is 3.53. The molecule has 0 aliphatic heterocycles. The molecule has 1 aliphatic carbocycles. The summed E-state index contributed by atoms with van der Waals surface area (Å²) in [6.45, 7) is 10.0. The number of benzene rings is 1. The summed E-state index contributed by atoms with van der Waals surface area (Å²) < 4.78 is 0. The van der Waals surface area contributed by atoms with Crippen LogP contribution in [0.3, 0.4) is 0 Å². The van der Waals surface area contributed by atoms with Gasteiger partial charge in [-0.2, -0.15) is 0 Å². The van der Waals surface area contributed by atoms with Crippen LogP contribution < -0.4 is 5.32 Å². The van der Waals surface area contributed by atoms with E-state index in [1.807, 2.05) is 17.0 Å². The van der Waals surface area contributed by atoms with Gasteiger partial charge in [0.1, 0.15) is 0 Å². The van der Waals surface area contributed by atoms with Gasteiger partial charge in [-0.05, 0) is 64.2 Å². The van der Waals surface area contributed by atoms with Crippen molar-refractivity contribution in [3.05, 3.63) is 29.3 Å². The maximum Gasteiger partial charge on any atom is 0.256 e. The van der Waals surface area contributed by atoms with Gasteiger partial charge in [0.25, 0.3) is 5.91 Å². The summed E-state index contributed by atoms with van der Waals surface area (Å²) in [5.41, 5.74) is 2.93. The third-order valence-electron chi connectivity index (χ3n) is 3.81. The number of carbonyl (C=O) groups is 1. The third-order valence-corrected chi connectivity index (χ3v) is 3.81. The van der Waals surface area contributed by atoms with Crippen LogP contribution in [0.4, 0.5) is 5.69 Å². The average molecular weight is 274 g/mol. The topological polar surface area (TPSA) is 32.3 Å². The molecule has 1 amide bonds. The highest BCUT2D eigenvalue weighted by atomic mass is 16.2. The standard InChI is InChI=1S/C17H26N2O/c1-5-18-16-10-13(4)6-9-15(16)17(20)19(12(2)3)11-14-7-8-14/h6,9-10,12,14,18H,5,7-8,11H2,1-4H3. The van der Waals surface area contributed by atoms with E-state index < -0.39 is 0 Å². The van der Waals surface area contributed by atoms with Gasteiger partial charge in [-0.1, -0.05) is 6.07 Å². The molecule has 1 aromatic carbocycles. The Hall–Kier alpha value is -1.51. The molecule has 1 N–H and O–H groups in total. The van der Waals surface area contributed by atoms with Gasteiger partial charge >= 0.3 is 0 Å². The van der Waals surface area contributed by atoms with Crippen LogP contribution in [0.1, 0.15) is 49.5 Å². The molecule has 20 heavy (non-hydrogen) atoms. The zero-order valence-corrected chi connectivity index (χ0v) is 13.1. The Morgan fingerprint density at radius 1 is 1.40 bits per heavy atom. The lowest BCUT2D eigenvalue weighted by Crippen LogP contribution is -2.38. The number of hydrogen-bond donors (Lipinski definition) is 1. The van der Waals surface area contributed by atoms with Gasteiger partial charge in [0.05, 0.1) is 5.56 Å². The molecule has 0 spiro atoms. The van der Waals surface area contributed by atoms with E-state index >= 15 is 0 Å². The number of carbonyl (C=O) groups excluding carboxylic acids is 1. The second-order valence-electron chi connectivity index (χ2n) is 6.07. The maximum atomic E-state index is 12.8. The SMILES string of the molecule is CCNc1cc(C)ccc1C(=O)N(CC1CC1)C(C)C. The first-order chi connectivity index (χ1) is 9.52. The number of rotatable bonds is 6. The van der Waals surface area contributed by atoms with Crippen molar-refractivity contribution in [2.45, 2.75) is 46.6 Å². The molecule has 0 unspecified atom stereocenters. The Labute approximate surface area is 122 Å². The van der Waals surface area contributed by atoms with Gasteiger partial charge in [-0.3, -0.25) is 4.79 Å². The number of amides is 1. The number of nitrogens with zero attached hydrogens (tertiary/aromatic N) is 1. The molecular weight excluding hydrogens is 248 g/mol. The first-order valence-electron chi connectivity index (χ1n) is 7.68. The van der Waals surface area contributed by atoms with Gasteiger partial charge < -0.3 is 10.2 Å². The van der Waals surface area contributed by atoms with E-state index in [1.165, 1.54) is 18.4 Å². The lowest BCUT2D eigenvalue weighted by Gasteiger charge is -2.28. The van der Waals surface area contributed by atoms with Crippen molar-refractivity contribution in [1.29, 1.82) is 0 Å². The van der Waals surface area contributed by atoms with E-state index in [0.717, 1.165) is 30.3 Å². The minimum absolute atomic E-state index is 0.155. The van der Waals surface area contributed by atoms with E-state index in [0.29, 0.717) is 0 Å². The van der Waals surface area contributed by atoms with E-state index in [-0.39, 0.29) is 11.9 Å². The first kappa shape index (κ1) is 14.9. The second kappa shape index (κ2) is 6.29. The Kier molecular flexibility index (Phi) is 4.69. The number of aryl methyl sites for hydroxylation is 1. The van der Waals surface area contributed by atoms with Crippen molar-refractivity contribution in [2.24, 2.45) is 5.92 Å². The molecule has 2 rings (SSSR count). The predicted molar refractivity (Wildman–Crippen MR) is 84.2 cm³/mol. The minimum Gasteiger partial charge on any atom is -0.385 e. The summed E-state index contributed by atoms with van der Waals surface area (Å²) in [4.78, 5) is 14.9. The van der Waals surface area contributed by atoms with Crippen molar-refractivity contribution >= 4 is 11.6 Å². The normalized spacial score (nSPS) is 14.4. The quantitative estimate of drug-likeness (QED) is 0.858. The van der Waals surface area contributed by atoms with Crippen molar-refractivity contribution < 1.29 is 4.79 Å². The molecule has 110 valence electrons. The molecule has 0 radical (unpaired) electrons. The van der Waals surface area contributed by atoms with Crippen LogP contribution in [-0.2, 0) is 0 Å². The molecule has 1 aromatic rings. The molecule has 1 fully saturated rings. The number of hydrogen-bond acceptors (Lipinski definition) is 2. The number of nitrogens with one attached hydrogen (secondary N) is 1. The molecule has 1 saturated carbocycles. The van der Waals surface area contributed by atoms with E-state index in [1.54, 1.807) is 0 Å². The van der Waals surface area contributed by atoms with Crippen molar-refractivity contribution in [1.82, 2.24) is 4.90 Å². The highest BCUT2D eigenvalue weighted by molar-refractivity contribution is 6.00. The Morgan fingerprint density at radius 2 is 2.10 bits per heavy atom. The molecule has 3 heteroatoms. The van der Waals surface area contributed by atoms with E-state index in [2.05, 4.69) is 39.1 Å². The van der Waals surface area contributed by atoms with Crippen molar-refractivity contribution in [3.8, 4) is 0 Å². The summed E-state index contributed by atoms with van der Waals surface area (Å²) in [5, 5.41) is 3.31. The zero-order chi connectivity index (χ0) is 14.7. The Balaban J connectivity index is 2.25. The first-order valence-corrected chi connectivity index (χ1v) is 7.68. The maximum absolute atomic E-state index is 12.8. The van der Waals surface area contributed by atoms with Gasteiger partial charge in [0, 0.05) is 24.8 Å². The lowest BCUT2D eigenvalue weighted by molar-refractivity contribution is 0.0697. The molecule has 3 nitrogen and oxygen atoms in total. The fourth-order valence-corrected chi connectivity index (χ4v) is 2.44. The van der Waals surface area contributed by atoms with Crippen LogP contribution in [0, 0.1) is 12.8 Å². The Morgan fingerprint density at radius 3 is 2.65 bits per heavy atom. The Bertz CT molecular complexity index is 478. The summed E-state index contributed by atoms with van der Waals surface area (Å²) in [6, 6.07) is 6.28. The molecule has 0 aromatic heterocycles. The molecule has 0 saturated heterocycles. The molecule has 0 bridgehead atoms. The summed E-state index contributed by atoms with van der Waals surface area (Å²) in [6.07, 6.45) is 2.54. The lowest BCUT2D eigenvalue weighted by atomic mass is 10.1. The minimum atomic E-state index is 0.155. The average Bonchev–Trinajstić information content (AvgIpc) is 3.19. The van der Waals surface area contributed by atoms with Gasteiger partial charge in [0.2, 0.25) is 0 Å². The largest absolute Gasteiger partial charge is 0.385 e. The van der Waals surface area contributed by atoms with Gasteiger partial charge in [-0.25, -0.2) is 0 Å². The number of anilines is 1. The van der Waals surface area contributed by atoms with Crippen molar-refractivity contribution in [3.63, 3.8) is 0 Å². The molecular formula is C17H26N2O. The predicted octanol–water partition coefficient (Wildman–Crippen LogP) is 3.69. The second-order valence-corrected chi connectivity index (χ2v) is 6.07. The van der Waals surface area contributed by atoms with E-state index in [4.69, 9.17) is 0 Å². The van der Waals surface area contributed by atoms with Crippen LogP contribution in [0.15, 0.2) is 18.2 Å². The van der Waals surface area contributed by atoms with Crippen LogP contribution >= 0.6 is 0 Å². The fourth-order valence-electron chi connectivity index (χ4n) is 2.44. The smallest absolute Gasteiger partial charge is 0.256 e. The highest BCUT2D eigenvalue weighted by Gasteiger charge is 2.29. The van der Waals surface area contributed by atoms with Crippen LogP contribution in [0.2, 0.25) is 0 Å². The zero-order valence-electron chi connectivity index (χ0n) is 13.1. The van der Waals surface area contributed by atoms with Crippen LogP contribution in [-0.4, -0.2) is 29.9 Å². The van der Waals surface area contributed by atoms with Crippen molar-refractivity contribution in [2.75, 3.05) is 18.4 Å². The summed E-state index contributed by atoms with van der Waals surface area (Å²) in [5.74, 6) is 0.872. The summed E-state index contributed by atoms with van der Waals surface area (Å²) in [7, 11) is 0. The van der Waals surface area contributed by atoms with E-state index in [9.17, 15) is 4.79 Å². The van der Waals surface area contributed by atoms with Crippen LogP contribution in [0.25, 0.3) is 0 Å². The fraction of sp³-hybridized carbons (Fsp3) is 0.588. The molecule has 0 atom stereocenters. The van der Waals surface area contributed by atoms with Gasteiger partial charge in [0.15, 0.2) is 0 Å². The highest BCUT2D eigenvalue weighted by Crippen LogP contribution is 2.31.